The van der Waals surface area contributed by atoms with E-state index in [1.165, 1.54) is 18.2 Å². The summed E-state index contributed by atoms with van der Waals surface area (Å²) in [7, 11) is 0. The standard InChI is InChI=1S/C33H22F4/c1-4-9-27-26(5-2)31(22-10-8-11-25(18-22)33(35,36)37)28-12-6-7-13-29(28)32(27)23-15-14-21-16-20(3)30(34)19-24(21)17-23/h1,5-19H,2-3H3/b26-5+,27-9+. The lowest BCUT2D eigenvalue weighted by atomic mass is 9.87. The van der Waals surface area contributed by atoms with E-state index in [2.05, 4.69) is 5.92 Å². The Morgan fingerprint density at radius 3 is 2.08 bits per heavy atom. The van der Waals surface area contributed by atoms with E-state index in [0.29, 0.717) is 16.7 Å². The van der Waals surface area contributed by atoms with Crippen molar-refractivity contribution in [1.29, 1.82) is 0 Å². The van der Waals surface area contributed by atoms with Crippen molar-refractivity contribution in [2.24, 2.45) is 0 Å². The smallest absolute Gasteiger partial charge is 0.207 e. The lowest BCUT2D eigenvalue weighted by Gasteiger charge is -2.17. The fourth-order valence-electron chi connectivity index (χ4n) is 5.02. The summed E-state index contributed by atoms with van der Waals surface area (Å²) in [4.78, 5) is 0. The minimum atomic E-state index is -4.46. The maximum atomic E-state index is 14.4. The molecule has 0 aliphatic rings. The van der Waals surface area contributed by atoms with Gasteiger partial charge in [-0.3, -0.25) is 0 Å². The van der Waals surface area contributed by atoms with Crippen LogP contribution in [0.3, 0.4) is 0 Å². The van der Waals surface area contributed by atoms with Gasteiger partial charge in [0.25, 0.3) is 0 Å². The number of terminal acetylenes is 1. The Bertz CT molecular complexity index is 1850. The number of alkyl halides is 3. The summed E-state index contributed by atoms with van der Waals surface area (Å²) < 4.78 is 55.1. The quantitative estimate of drug-likeness (QED) is 0.172. The zero-order valence-electron chi connectivity index (χ0n) is 20.2. The van der Waals surface area contributed by atoms with Crippen LogP contribution in [-0.4, -0.2) is 0 Å². The summed E-state index contributed by atoms with van der Waals surface area (Å²) in [5.41, 5.74) is 2.67. The molecule has 0 fully saturated rings. The molecule has 0 N–H and O–H groups in total. The summed E-state index contributed by atoms with van der Waals surface area (Å²) in [6.07, 6.45) is 4.81. The second kappa shape index (κ2) is 9.26. The molecule has 0 saturated heterocycles. The first-order chi connectivity index (χ1) is 17.7. The Kier molecular flexibility index (Phi) is 6.09. The van der Waals surface area contributed by atoms with E-state index in [9.17, 15) is 17.6 Å². The molecule has 0 aromatic heterocycles. The van der Waals surface area contributed by atoms with Crippen LogP contribution in [0.25, 0.3) is 56.0 Å². The molecule has 182 valence electrons. The molecule has 4 heteroatoms. The minimum Gasteiger partial charge on any atom is -0.207 e. The van der Waals surface area contributed by atoms with Gasteiger partial charge in [0, 0.05) is 0 Å². The van der Waals surface area contributed by atoms with Gasteiger partial charge in [0.2, 0.25) is 0 Å². The van der Waals surface area contributed by atoms with Crippen LogP contribution in [0.4, 0.5) is 17.6 Å². The van der Waals surface area contributed by atoms with Crippen LogP contribution in [0.2, 0.25) is 0 Å². The monoisotopic (exact) mass is 494 g/mol. The van der Waals surface area contributed by atoms with Crippen molar-refractivity contribution in [2.45, 2.75) is 20.0 Å². The van der Waals surface area contributed by atoms with E-state index >= 15 is 0 Å². The molecule has 37 heavy (non-hydrogen) atoms. The van der Waals surface area contributed by atoms with Crippen molar-refractivity contribution in [3.63, 3.8) is 0 Å². The number of halogens is 4. The van der Waals surface area contributed by atoms with Crippen molar-refractivity contribution in [1.82, 2.24) is 0 Å². The Hall–Kier alpha value is -4.36. The Morgan fingerprint density at radius 2 is 1.43 bits per heavy atom. The van der Waals surface area contributed by atoms with E-state index in [4.69, 9.17) is 6.42 Å². The van der Waals surface area contributed by atoms with Gasteiger partial charge >= 0.3 is 6.18 Å². The molecular formula is C33H22F4. The Balaban J connectivity index is 1.93. The van der Waals surface area contributed by atoms with Gasteiger partial charge in [-0.1, -0.05) is 60.5 Å². The average molecular weight is 495 g/mol. The maximum absolute atomic E-state index is 14.4. The van der Waals surface area contributed by atoms with Gasteiger partial charge < -0.3 is 0 Å². The first-order valence-corrected chi connectivity index (χ1v) is 11.8. The maximum Gasteiger partial charge on any atom is 0.416 e. The predicted molar refractivity (Wildman–Crippen MR) is 145 cm³/mol. The van der Waals surface area contributed by atoms with Gasteiger partial charge in [0.15, 0.2) is 0 Å². The second-order valence-corrected chi connectivity index (χ2v) is 8.96. The molecule has 0 aliphatic heterocycles. The molecule has 0 aliphatic carbocycles. The lowest BCUT2D eigenvalue weighted by molar-refractivity contribution is -0.137. The van der Waals surface area contributed by atoms with Gasteiger partial charge in [0.1, 0.15) is 5.82 Å². The second-order valence-electron chi connectivity index (χ2n) is 8.96. The molecule has 0 radical (unpaired) electrons. The highest BCUT2D eigenvalue weighted by Crippen LogP contribution is 2.36. The highest BCUT2D eigenvalue weighted by molar-refractivity contribution is 6.06. The third-order valence-electron chi connectivity index (χ3n) is 6.70. The summed E-state index contributed by atoms with van der Waals surface area (Å²) in [5, 5.41) is 4.77. The number of aryl methyl sites for hydroxylation is 1. The first kappa shape index (κ1) is 24.3. The lowest BCUT2D eigenvalue weighted by Crippen LogP contribution is -2.29. The van der Waals surface area contributed by atoms with Crippen LogP contribution in [0.1, 0.15) is 18.1 Å². The molecule has 0 heterocycles. The topological polar surface area (TPSA) is 0 Å². The van der Waals surface area contributed by atoms with Crippen LogP contribution >= 0.6 is 0 Å². The van der Waals surface area contributed by atoms with Crippen LogP contribution in [0.15, 0.2) is 78.9 Å². The summed E-state index contributed by atoms with van der Waals surface area (Å²) >= 11 is 0. The van der Waals surface area contributed by atoms with Crippen LogP contribution < -0.4 is 10.4 Å². The third-order valence-corrected chi connectivity index (χ3v) is 6.70. The van der Waals surface area contributed by atoms with E-state index in [1.54, 1.807) is 19.1 Å². The first-order valence-electron chi connectivity index (χ1n) is 11.8. The van der Waals surface area contributed by atoms with Gasteiger partial charge in [0.05, 0.1) is 5.56 Å². The molecule has 0 spiro atoms. The molecule has 5 rings (SSSR count). The zero-order chi connectivity index (χ0) is 26.3. The molecule has 0 nitrogen and oxygen atoms in total. The number of fused-ring (bicyclic) bond motifs is 2. The van der Waals surface area contributed by atoms with Crippen molar-refractivity contribution < 1.29 is 17.6 Å². The van der Waals surface area contributed by atoms with Crippen LogP contribution in [-0.2, 0) is 6.18 Å². The normalized spacial score (nSPS) is 12.9. The van der Waals surface area contributed by atoms with E-state index in [-0.39, 0.29) is 5.82 Å². The number of hydrogen-bond donors (Lipinski definition) is 0. The van der Waals surface area contributed by atoms with Gasteiger partial charge in [-0.25, -0.2) is 4.39 Å². The summed E-state index contributed by atoms with van der Waals surface area (Å²) in [5.74, 6) is 2.33. The minimum absolute atomic E-state index is 0.285. The number of benzene rings is 5. The SMILES string of the molecule is C#C/C=c1/c(-c2ccc3cc(C)c(F)cc3c2)c2ccccc2c(-c2cccc(C(F)(F)F)c2)/c1=C/C. The summed E-state index contributed by atoms with van der Waals surface area (Å²) in [6, 6.07) is 22.1. The molecule has 0 unspecified atom stereocenters. The van der Waals surface area contributed by atoms with E-state index in [1.807, 2.05) is 61.5 Å². The molecule has 5 aromatic carbocycles. The zero-order valence-corrected chi connectivity index (χ0v) is 20.2. The van der Waals surface area contributed by atoms with Crippen molar-refractivity contribution in [3.05, 3.63) is 106 Å². The fraction of sp³-hybridized carbons (Fsp3) is 0.0909. The average Bonchev–Trinajstić information content (AvgIpc) is 2.88. The van der Waals surface area contributed by atoms with Crippen molar-refractivity contribution >= 4 is 33.7 Å². The van der Waals surface area contributed by atoms with E-state index in [0.717, 1.165) is 49.2 Å². The number of hydrogen-bond acceptors (Lipinski definition) is 0. The fourth-order valence-corrected chi connectivity index (χ4v) is 5.02. The van der Waals surface area contributed by atoms with Gasteiger partial charge in [-0.15, -0.1) is 6.42 Å². The highest BCUT2D eigenvalue weighted by atomic mass is 19.4. The van der Waals surface area contributed by atoms with Gasteiger partial charge in [-0.2, -0.15) is 13.2 Å². The Labute approximate surface area is 212 Å². The molecule has 0 atom stereocenters. The van der Waals surface area contributed by atoms with E-state index < -0.39 is 11.7 Å². The third kappa shape index (κ3) is 4.27. The molecule has 5 aromatic rings. The molecule has 0 saturated carbocycles. The highest BCUT2D eigenvalue weighted by Gasteiger charge is 2.30. The molecule has 0 bridgehead atoms. The van der Waals surface area contributed by atoms with Gasteiger partial charge in [-0.05, 0) is 110 Å². The van der Waals surface area contributed by atoms with Crippen molar-refractivity contribution in [2.75, 3.05) is 0 Å². The largest absolute Gasteiger partial charge is 0.416 e. The predicted octanol–water partition coefficient (Wildman–Crippen LogP) is 8.01. The number of rotatable bonds is 2. The molecular weight excluding hydrogens is 472 g/mol. The summed E-state index contributed by atoms with van der Waals surface area (Å²) in [6.45, 7) is 3.57. The van der Waals surface area contributed by atoms with Crippen molar-refractivity contribution in [3.8, 4) is 34.6 Å². The molecule has 0 amide bonds. The van der Waals surface area contributed by atoms with Crippen LogP contribution in [0.5, 0.6) is 0 Å². The van der Waals surface area contributed by atoms with Crippen LogP contribution in [0, 0.1) is 25.1 Å². The Morgan fingerprint density at radius 1 is 0.757 bits per heavy atom.